The number of likely N-dealkylation sites (N-methyl/N-ethyl adjacent to an activating group) is 1. The highest BCUT2D eigenvalue weighted by atomic mass is 16.2. The van der Waals surface area contributed by atoms with Crippen LogP contribution < -0.4 is 10.6 Å². The molecule has 0 unspecified atom stereocenters. The number of benzene rings is 1. The molecule has 8 heteroatoms. The van der Waals surface area contributed by atoms with Crippen LogP contribution in [0.2, 0.25) is 0 Å². The lowest BCUT2D eigenvalue weighted by atomic mass is 9.80. The van der Waals surface area contributed by atoms with E-state index in [0.717, 1.165) is 25.7 Å². The van der Waals surface area contributed by atoms with Crippen molar-refractivity contribution in [3.05, 3.63) is 48.0 Å². The molecule has 1 aliphatic carbocycles. The molecule has 1 fully saturated rings. The molecule has 2 aromatic rings. The van der Waals surface area contributed by atoms with Crippen LogP contribution in [0.1, 0.15) is 48.3 Å². The maximum Gasteiger partial charge on any atom is 0.313 e. The van der Waals surface area contributed by atoms with Gasteiger partial charge in [0.05, 0.1) is 0 Å². The number of carbonyl (C=O) groups is 3. The molecule has 3 rings (SSSR count). The number of nitrogens with one attached hydrogen (secondary N) is 2. The van der Waals surface area contributed by atoms with Gasteiger partial charge in [0, 0.05) is 42.8 Å². The second-order valence-electron chi connectivity index (χ2n) is 8.09. The lowest BCUT2D eigenvalue weighted by Crippen LogP contribution is -2.55. The molecule has 1 heterocycles. The normalized spacial score (nSPS) is 15.6. The molecule has 30 heavy (non-hydrogen) atoms. The summed E-state index contributed by atoms with van der Waals surface area (Å²) in [5.41, 5.74) is 0.661. The molecule has 0 spiro atoms. The number of hydrogen-bond donors (Lipinski definition) is 2. The van der Waals surface area contributed by atoms with Crippen molar-refractivity contribution in [1.82, 2.24) is 19.8 Å². The summed E-state index contributed by atoms with van der Waals surface area (Å²) in [7, 11) is 5.77. The topological polar surface area (TPSA) is 96.3 Å². The first-order valence-electron chi connectivity index (χ1n) is 10.2. The van der Waals surface area contributed by atoms with Crippen molar-refractivity contribution in [3.8, 4) is 0 Å². The molecule has 0 aliphatic heterocycles. The predicted octanol–water partition coefficient (Wildman–Crippen LogP) is 1.97. The molecule has 0 radical (unpaired) electrons. The van der Waals surface area contributed by atoms with Gasteiger partial charge >= 0.3 is 11.8 Å². The van der Waals surface area contributed by atoms with E-state index >= 15 is 0 Å². The van der Waals surface area contributed by atoms with Gasteiger partial charge in [-0.15, -0.1) is 0 Å². The molecule has 0 bridgehead atoms. The Morgan fingerprint density at radius 3 is 2.50 bits per heavy atom. The van der Waals surface area contributed by atoms with Crippen molar-refractivity contribution in [2.24, 2.45) is 7.05 Å². The van der Waals surface area contributed by atoms with E-state index in [2.05, 4.69) is 20.5 Å². The third kappa shape index (κ3) is 4.76. The first kappa shape index (κ1) is 21.7. The van der Waals surface area contributed by atoms with Gasteiger partial charge in [-0.25, -0.2) is 4.98 Å². The van der Waals surface area contributed by atoms with Crippen molar-refractivity contribution in [1.29, 1.82) is 0 Å². The number of amides is 2. The van der Waals surface area contributed by atoms with E-state index in [1.165, 1.54) is 6.42 Å². The van der Waals surface area contributed by atoms with E-state index in [-0.39, 0.29) is 11.3 Å². The second-order valence-corrected chi connectivity index (χ2v) is 8.09. The Hall–Kier alpha value is -3.00. The zero-order chi connectivity index (χ0) is 21.7. The molecule has 2 amide bonds. The Kier molecular flexibility index (Phi) is 6.66. The minimum Gasteiger partial charge on any atom is -0.346 e. The van der Waals surface area contributed by atoms with Crippen LogP contribution in [-0.2, 0) is 16.6 Å². The van der Waals surface area contributed by atoms with E-state index in [1.54, 1.807) is 48.3 Å². The largest absolute Gasteiger partial charge is 0.346 e. The molecule has 1 saturated carbocycles. The highest BCUT2D eigenvalue weighted by Gasteiger charge is 2.35. The fourth-order valence-corrected chi connectivity index (χ4v) is 3.96. The standard InChI is InChI=1S/C22H29N5O3/c1-26(2)22(10-5-4-6-11-22)15-24-20(29)21(30)25-17-9-7-8-16(14-17)18(28)19-23-12-13-27(19)3/h7-9,12-14H,4-6,10-11,15H2,1-3H3,(H,24,29)(H,25,30). The maximum absolute atomic E-state index is 12.6. The molecule has 0 saturated heterocycles. The van der Waals surface area contributed by atoms with Crippen molar-refractivity contribution in [3.63, 3.8) is 0 Å². The molecule has 1 aromatic heterocycles. The monoisotopic (exact) mass is 411 g/mol. The first-order chi connectivity index (χ1) is 14.3. The fraction of sp³-hybridized carbons (Fsp3) is 0.455. The number of carbonyl (C=O) groups excluding carboxylic acids is 3. The molecule has 1 aromatic carbocycles. The summed E-state index contributed by atoms with van der Waals surface area (Å²) in [6.45, 7) is 0.434. The van der Waals surface area contributed by atoms with Crippen molar-refractivity contribution < 1.29 is 14.4 Å². The van der Waals surface area contributed by atoms with Gasteiger partial charge < -0.3 is 20.1 Å². The molecule has 2 N–H and O–H groups in total. The number of aromatic nitrogens is 2. The van der Waals surface area contributed by atoms with Crippen LogP contribution in [0.3, 0.4) is 0 Å². The Morgan fingerprint density at radius 1 is 1.13 bits per heavy atom. The Morgan fingerprint density at radius 2 is 1.87 bits per heavy atom. The van der Waals surface area contributed by atoms with Gasteiger partial charge in [-0.2, -0.15) is 0 Å². The van der Waals surface area contributed by atoms with Gasteiger partial charge in [-0.1, -0.05) is 31.4 Å². The predicted molar refractivity (Wildman–Crippen MR) is 114 cm³/mol. The quantitative estimate of drug-likeness (QED) is 0.560. The van der Waals surface area contributed by atoms with Gasteiger partial charge in [-0.3, -0.25) is 14.4 Å². The van der Waals surface area contributed by atoms with E-state index in [1.807, 2.05) is 14.1 Å². The van der Waals surface area contributed by atoms with E-state index in [9.17, 15) is 14.4 Å². The van der Waals surface area contributed by atoms with Gasteiger partial charge in [0.1, 0.15) is 0 Å². The minimum absolute atomic E-state index is 0.109. The number of imidazole rings is 1. The summed E-state index contributed by atoms with van der Waals surface area (Å²) in [4.78, 5) is 43.6. The summed E-state index contributed by atoms with van der Waals surface area (Å²) >= 11 is 0. The average molecular weight is 412 g/mol. The van der Waals surface area contributed by atoms with Gasteiger partial charge in [0.15, 0.2) is 5.82 Å². The Balaban J connectivity index is 1.62. The van der Waals surface area contributed by atoms with Crippen LogP contribution in [0, 0.1) is 0 Å². The zero-order valence-electron chi connectivity index (χ0n) is 17.8. The van der Waals surface area contributed by atoms with Crippen LogP contribution in [0.5, 0.6) is 0 Å². The molecule has 1 aliphatic rings. The number of ketones is 1. The highest BCUT2D eigenvalue weighted by molar-refractivity contribution is 6.39. The lowest BCUT2D eigenvalue weighted by Gasteiger charge is -2.43. The van der Waals surface area contributed by atoms with Crippen molar-refractivity contribution >= 4 is 23.3 Å². The summed E-state index contributed by atoms with van der Waals surface area (Å²) in [5.74, 6) is -1.38. The molecule has 8 nitrogen and oxygen atoms in total. The van der Waals surface area contributed by atoms with Crippen LogP contribution >= 0.6 is 0 Å². The van der Waals surface area contributed by atoms with Gasteiger partial charge in [0.2, 0.25) is 5.78 Å². The number of rotatable bonds is 6. The van der Waals surface area contributed by atoms with E-state index in [0.29, 0.717) is 23.6 Å². The van der Waals surface area contributed by atoms with Crippen LogP contribution in [-0.4, -0.2) is 58.2 Å². The van der Waals surface area contributed by atoms with Crippen LogP contribution in [0.25, 0.3) is 0 Å². The minimum atomic E-state index is -0.749. The molecule has 160 valence electrons. The average Bonchev–Trinajstić information content (AvgIpc) is 3.18. The number of anilines is 1. The van der Waals surface area contributed by atoms with E-state index in [4.69, 9.17) is 0 Å². The second kappa shape index (κ2) is 9.21. The zero-order valence-corrected chi connectivity index (χ0v) is 17.8. The summed E-state index contributed by atoms with van der Waals surface area (Å²) in [5, 5.41) is 5.37. The first-order valence-corrected chi connectivity index (χ1v) is 10.2. The Labute approximate surface area is 176 Å². The van der Waals surface area contributed by atoms with Crippen LogP contribution in [0.4, 0.5) is 5.69 Å². The third-order valence-corrected chi connectivity index (χ3v) is 5.92. The third-order valence-electron chi connectivity index (χ3n) is 5.92. The maximum atomic E-state index is 12.6. The number of aryl methyl sites for hydroxylation is 1. The van der Waals surface area contributed by atoms with E-state index < -0.39 is 11.8 Å². The number of hydrogen-bond acceptors (Lipinski definition) is 5. The summed E-state index contributed by atoms with van der Waals surface area (Å²) in [6.07, 6.45) is 8.69. The summed E-state index contributed by atoms with van der Waals surface area (Å²) in [6, 6.07) is 6.50. The highest BCUT2D eigenvalue weighted by Crippen LogP contribution is 2.31. The molecular weight excluding hydrogens is 382 g/mol. The van der Waals surface area contributed by atoms with Crippen molar-refractivity contribution in [2.45, 2.75) is 37.6 Å². The Bertz CT molecular complexity index is 928. The lowest BCUT2D eigenvalue weighted by molar-refractivity contribution is -0.136. The SMILES string of the molecule is CN(C)C1(CNC(=O)C(=O)Nc2cccc(C(=O)c3nccn3C)c2)CCCCC1. The smallest absolute Gasteiger partial charge is 0.313 e. The van der Waals surface area contributed by atoms with Gasteiger partial charge in [-0.05, 0) is 39.1 Å². The molecular formula is C22H29N5O3. The molecule has 0 atom stereocenters. The summed E-state index contributed by atoms with van der Waals surface area (Å²) < 4.78 is 1.63. The van der Waals surface area contributed by atoms with Crippen molar-refractivity contribution in [2.75, 3.05) is 26.0 Å². The van der Waals surface area contributed by atoms with Crippen LogP contribution in [0.15, 0.2) is 36.7 Å². The van der Waals surface area contributed by atoms with Gasteiger partial charge in [0.25, 0.3) is 0 Å². The fourth-order valence-electron chi connectivity index (χ4n) is 3.96. The number of nitrogens with zero attached hydrogens (tertiary/aromatic N) is 3.